The number of carbonyl (C=O) groups is 2. The molecule has 0 saturated heterocycles. The van der Waals surface area contributed by atoms with E-state index >= 15 is 0 Å². The Balaban J connectivity index is 1.50. The molecule has 1 aliphatic carbocycles. The first kappa shape index (κ1) is 16.3. The number of benzene rings is 1. The van der Waals surface area contributed by atoms with Crippen LogP contribution in [0.1, 0.15) is 45.6 Å². The van der Waals surface area contributed by atoms with Gasteiger partial charge in [0.05, 0.1) is 34.5 Å². The molecule has 2 aromatic rings. The van der Waals surface area contributed by atoms with E-state index in [4.69, 9.17) is 0 Å². The largest absolute Gasteiger partial charge is 0.338 e. The summed E-state index contributed by atoms with van der Waals surface area (Å²) in [5, 5.41) is 3.92. The smallest absolute Gasteiger partial charge is 0.228 e. The van der Waals surface area contributed by atoms with Crippen LogP contribution in [0.15, 0.2) is 18.2 Å². The summed E-state index contributed by atoms with van der Waals surface area (Å²) in [6.45, 7) is 2.03. The number of nitrogens with zero attached hydrogens (tertiary/aromatic N) is 2. The highest BCUT2D eigenvalue weighted by Gasteiger charge is 2.29. The van der Waals surface area contributed by atoms with E-state index in [0.29, 0.717) is 12.8 Å². The number of rotatable bonds is 3. The molecule has 5 nitrogen and oxygen atoms in total. The first-order valence-corrected chi connectivity index (χ1v) is 9.46. The lowest BCUT2D eigenvalue weighted by atomic mass is 9.96. The summed E-state index contributed by atoms with van der Waals surface area (Å²) >= 11 is 1.71. The van der Waals surface area contributed by atoms with Gasteiger partial charge in [-0.2, -0.15) is 0 Å². The van der Waals surface area contributed by atoms with Gasteiger partial charge in [-0.3, -0.25) is 9.59 Å². The van der Waals surface area contributed by atoms with Crippen molar-refractivity contribution in [2.75, 3.05) is 12.4 Å². The van der Waals surface area contributed by atoms with E-state index in [9.17, 15) is 9.59 Å². The van der Waals surface area contributed by atoms with Crippen molar-refractivity contribution in [3.63, 3.8) is 0 Å². The average molecular weight is 355 g/mol. The van der Waals surface area contributed by atoms with Crippen molar-refractivity contribution in [3.8, 4) is 0 Å². The maximum atomic E-state index is 12.8. The van der Waals surface area contributed by atoms with E-state index in [1.807, 2.05) is 37.1 Å². The topological polar surface area (TPSA) is 62.3 Å². The molecule has 0 saturated carbocycles. The van der Waals surface area contributed by atoms with E-state index < -0.39 is 0 Å². The predicted molar refractivity (Wildman–Crippen MR) is 97.8 cm³/mol. The van der Waals surface area contributed by atoms with E-state index in [-0.39, 0.29) is 17.9 Å². The van der Waals surface area contributed by atoms with Gasteiger partial charge < -0.3 is 10.2 Å². The molecule has 2 heterocycles. The zero-order chi connectivity index (χ0) is 17.6. The van der Waals surface area contributed by atoms with E-state index in [2.05, 4.69) is 10.3 Å². The number of likely N-dealkylation sites (N-methyl/N-ethyl adjacent to an activating group) is 1. The summed E-state index contributed by atoms with van der Waals surface area (Å²) in [6.07, 6.45) is 3.87. The lowest BCUT2D eigenvalue weighted by Gasteiger charge is -2.30. The van der Waals surface area contributed by atoms with Gasteiger partial charge in [0.1, 0.15) is 0 Å². The van der Waals surface area contributed by atoms with Crippen molar-refractivity contribution >= 4 is 28.8 Å². The Kier molecular flexibility index (Phi) is 4.07. The molecule has 2 aliphatic rings. The highest BCUT2D eigenvalue weighted by atomic mass is 32.1. The number of aromatic nitrogens is 1. The molecule has 1 aromatic carbocycles. The van der Waals surface area contributed by atoms with E-state index in [1.165, 1.54) is 10.6 Å². The Morgan fingerprint density at radius 1 is 1.44 bits per heavy atom. The van der Waals surface area contributed by atoms with Crippen LogP contribution in [-0.2, 0) is 28.9 Å². The standard InChI is InChI=1S/C19H21N3O2S/c1-11-20-14-4-3-5-16(19(14)25-11)22(2)18(24)9-12-6-7-13-10-17(23)21-15(13)8-12/h6-8,16H,3-5,9-10H2,1-2H3,(H,21,23). The second-order valence-electron chi connectivity index (χ2n) is 6.85. The average Bonchev–Trinajstić information content (AvgIpc) is 3.13. The van der Waals surface area contributed by atoms with Crippen LogP contribution in [-0.4, -0.2) is 28.7 Å². The van der Waals surface area contributed by atoms with Crippen LogP contribution in [0.25, 0.3) is 0 Å². The Labute approximate surface area is 151 Å². The lowest BCUT2D eigenvalue weighted by Crippen LogP contribution is -2.33. The number of thiazole rings is 1. The fourth-order valence-electron chi connectivity index (χ4n) is 3.73. The van der Waals surface area contributed by atoms with Crippen molar-refractivity contribution in [3.05, 3.63) is 44.9 Å². The third-order valence-corrected chi connectivity index (χ3v) is 6.16. The molecule has 0 bridgehead atoms. The first-order valence-electron chi connectivity index (χ1n) is 8.65. The first-order chi connectivity index (χ1) is 12.0. The summed E-state index contributed by atoms with van der Waals surface area (Å²) in [4.78, 5) is 32.0. The zero-order valence-corrected chi connectivity index (χ0v) is 15.3. The van der Waals surface area contributed by atoms with Crippen LogP contribution >= 0.6 is 11.3 Å². The highest BCUT2D eigenvalue weighted by molar-refractivity contribution is 7.11. The van der Waals surface area contributed by atoms with Crippen LogP contribution in [0.4, 0.5) is 5.69 Å². The van der Waals surface area contributed by atoms with Gasteiger partial charge in [-0.05, 0) is 43.4 Å². The Morgan fingerprint density at radius 2 is 2.28 bits per heavy atom. The number of hydrogen-bond donors (Lipinski definition) is 1. The number of nitrogens with one attached hydrogen (secondary N) is 1. The maximum absolute atomic E-state index is 12.8. The van der Waals surface area contributed by atoms with Gasteiger partial charge in [0.2, 0.25) is 11.8 Å². The maximum Gasteiger partial charge on any atom is 0.228 e. The van der Waals surface area contributed by atoms with Crippen LogP contribution in [0.5, 0.6) is 0 Å². The highest BCUT2D eigenvalue weighted by Crippen LogP contribution is 2.37. The van der Waals surface area contributed by atoms with Gasteiger partial charge in [0, 0.05) is 12.7 Å². The molecular weight excluding hydrogens is 334 g/mol. The van der Waals surface area contributed by atoms with Crippen molar-refractivity contribution in [1.29, 1.82) is 0 Å². The van der Waals surface area contributed by atoms with Crippen molar-refractivity contribution in [1.82, 2.24) is 9.88 Å². The molecule has 1 atom stereocenters. The quantitative estimate of drug-likeness (QED) is 0.920. The Bertz CT molecular complexity index is 858. The predicted octanol–water partition coefficient (Wildman–Crippen LogP) is 3.02. The molecule has 0 radical (unpaired) electrons. The van der Waals surface area contributed by atoms with E-state index in [1.54, 1.807) is 11.3 Å². The minimum Gasteiger partial charge on any atom is -0.338 e. The van der Waals surface area contributed by atoms with Crippen molar-refractivity contribution < 1.29 is 9.59 Å². The number of anilines is 1. The SMILES string of the molecule is Cc1nc2c(s1)C(N(C)C(=O)Cc1ccc3c(c1)NC(=O)C3)CCC2. The summed E-state index contributed by atoms with van der Waals surface area (Å²) in [5.74, 6) is 0.124. The fourth-order valence-corrected chi connectivity index (χ4v) is 4.89. The second-order valence-corrected chi connectivity index (χ2v) is 8.08. The zero-order valence-electron chi connectivity index (χ0n) is 14.5. The molecule has 0 fully saturated rings. The molecule has 0 spiro atoms. The van der Waals surface area contributed by atoms with Gasteiger partial charge in [-0.25, -0.2) is 4.98 Å². The summed E-state index contributed by atoms with van der Waals surface area (Å²) in [7, 11) is 1.90. The monoisotopic (exact) mass is 355 g/mol. The third kappa shape index (κ3) is 3.06. The van der Waals surface area contributed by atoms with Crippen LogP contribution in [0.3, 0.4) is 0 Å². The molecule has 130 valence electrons. The van der Waals surface area contributed by atoms with Gasteiger partial charge in [-0.1, -0.05) is 12.1 Å². The minimum atomic E-state index is 0.0193. The molecule has 6 heteroatoms. The fraction of sp³-hybridized carbons (Fsp3) is 0.421. The number of amides is 2. The summed E-state index contributed by atoms with van der Waals surface area (Å²) in [5.41, 5.74) is 3.95. The molecule has 1 N–H and O–H groups in total. The summed E-state index contributed by atoms with van der Waals surface area (Å²) in [6, 6.07) is 5.96. The molecular formula is C19H21N3O2S. The van der Waals surface area contributed by atoms with Gasteiger partial charge >= 0.3 is 0 Å². The summed E-state index contributed by atoms with van der Waals surface area (Å²) < 4.78 is 0. The number of fused-ring (bicyclic) bond motifs is 2. The number of carbonyl (C=O) groups excluding carboxylic acids is 2. The van der Waals surface area contributed by atoms with Crippen LogP contribution in [0.2, 0.25) is 0 Å². The third-order valence-electron chi connectivity index (χ3n) is 5.04. The van der Waals surface area contributed by atoms with Gasteiger partial charge in [0.25, 0.3) is 0 Å². The molecule has 25 heavy (non-hydrogen) atoms. The molecule has 1 aliphatic heterocycles. The van der Waals surface area contributed by atoms with E-state index in [0.717, 1.165) is 41.1 Å². The second kappa shape index (κ2) is 6.26. The normalized spacial score (nSPS) is 18.5. The van der Waals surface area contributed by atoms with Crippen molar-refractivity contribution in [2.24, 2.45) is 0 Å². The van der Waals surface area contributed by atoms with Gasteiger partial charge in [-0.15, -0.1) is 11.3 Å². The van der Waals surface area contributed by atoms with Crippen LogP contribution < -0.4 is 5.32 Å². The molecule has 1 aromatic heterocycles. The molecule has 4 rings (SSSR count). The molecule has 1 unspecified atom stereocenters. The van der Waals surface area contributed by atoms with Crippen LogP contribution in [0, 0.1) is 6.92 Å². The number of aryl methyl sites for hydroxylation is 2. The lowest BCUT2D eigenvalue weighted by molar-refractivity contribution is -0.131. The Hall–Kier alpha value is -2.21. The Morgan fingerprint density at radius 3 is 3.12 bits per heavy atom. The number of hydrogen-bond acceptors (Lipinski definition) is 4. The van der Waals surface area contributed by atoms with Gasteiger partial charge in [0.15, 0.2) is 0 Å². The molecule has 2 amide bonds. The van der Waals surface area contributed by atoms with Crippen molar-refractivity contribution in [2.45, 2.75) is 45.1 Å². The minimum absolute atomic E-state index is 0.0193.